The van der Waals surface area contributed by atoms with Gasteiger partial charge in [-0.3, -0.25) is 0 Å². The van der Waals surface area contributed by atoms with Crippen LogP contribution in [0, 0.1) is 0 Å². The third kappa shape index (κ3) is 3.63. The van der Waals surface area contributed by atoms with Crippen LogP contribution in [0.1, 0.15) is 22.2 Å². The van der Waals surface area contributed by atoms with E-state index in [0.717, 1.165) is 12.0 Å². The second-order valence-electron chi connectivity index (χ2n) is 4.09. The van der Waals surface area contributed by atoms with Crippen LogP contribution in [-0.4, -0.2) is 0 Å². The van der Waals surface area contributed by atoms with Gasteiger partial charge in [0.1, 0.15) is 12.4 Å². The smallest absolute Gasteiger partial charge is 0.143 e. The molecule has 0 bridgehead atoms. The monoisotopic (exact) mass is 315 g/mol. The van der Waals surface area contributed by atoms with Crippen molar-refractivity contribution in [2.75, 3.05) is 0 Å². The van der Waals surface area contributed by atoms with Gasteiger partial charge in [0.05, 0.1) is 5.02 Å². The van der Waals surface area contributed by atoms with Gasteiger partial charge in [0, 0.05) is 26.9 Å². The Morgan fingerprint density at radius 3 is 2.58 bits per heavy atom. The molecule has 0 spiro atoms. The van der Waals surface area contributed by atoms with Crippen molar-refractivity contribution >= 4 is 34.5 Å². The first kappa shape index (κ1) is 14.7. The van der Waals surface area contributed by atoms with Crippen LogP contribution in [0.3, 0.4) is 0 Å². The van der Waals surface area contributed by atoms with E-state index in [-0.39, 0.29) is 0 Å². The van der Waals surface area contributed by atoms with Crippen molar-refractivity contribution < 1.29 is 4.74 Å². The first-order chi connectivity index (χ1) is 9.13. The highest BCUT2D eigenvalue weighted by Gasteiger charge is 2.10. The number of hydrogen-bond acceptors (Lipinski definition) is 3. The van der Waals surface area contributed by atoms with Crippen molar-refractivity contribution in [2.24, 2.45) is 5.73 Å². The molecule has 0 aliphatic carbocycles. The molecule has 0 unspecified atom stereocenters. The van der Waals surface area contributed by atoms with E-state index >= 15 is 0 Å². The number of rotatable bonds is 5. The highest BCUT2D eigenvalue weighted by molar-refractivity contribution is 7.11. The number of thiophene rings is 1. The van der Waals surface area contributed by atoms with Crippen LogP contribution in [0.15, 0.2) is 24.3 Å². The molecule has 0 saturated heterocycles. The summed E-state index contributed by atoms with van der Waals surface area (Å²) in [6.45, 7) is 2.98. The van der Waals surface area contributed by atoms with E-state index in [1.54, 1.807) is 23.5 Å². The van der Waals surface area contributed by atoms with Crippen molar-refractivity contribution in [1.82, 2.24) is 0 Å². The van der Waals surface area contributed by atoms with Gasteiger partial charge in [-0.2, -0.15) is 0 Å². The summed E-state index contributed by atoms with van der Waals surface area (Å²) in [5, 5.41) is 1.07. The minimum absolute atomic E-state index is 0.347. The first-order valence-corrected chi connectivity index (χ1v) is 7.59. The molecule has 0 fully saturated rings. The summed E-state index contributed by atoms with van der Waals surface area (Å²) in [6.07, 6.45) is 1.04. The molecule has 102 valence electrons. The van der Waals surface area contributed by atoms with Gasteiger partial charge in [-0.1, -0.05) is 30.1 Å². The molecule has 19 heavy (non-hydrogen) atoms. The highest BCUT2D eigenvalue weighted by atomic mass is 35.5. The standard InChI is InChI=1S/C14H15Cl2NOS/c1-2-11-3-4-12(19-11)8-18-14-9(7-17)5-10(15)6-13(14)16/h3-6H,2,7-8,17H2,1H3. The van der Waals surface area contributed by atoms with Crippen molar-refractivity contribution in [3.63, 3.8) is 0 Å². The number of halogens is 2. The van der Waals surface area contributed by atoms with Crippen LogP contribution < -0.4 is 10.5 Å². The Kier molecular flexibility index (Phi) is 5.11. The Hall–Kier alpha value is -0.740. The van der Waals surface area contributed by atoms with Gasteiger partial charge in [-0.15, -0.1) is 11.3 Å². The van der Waals surface area contributed by atoms with Crippen molar-refractivity contribution in [2.45, 2.75) is 26.5 Å². The maximum Gasteiger partial charge on any atom is 0.143 e. The lowest BCUT2D eigenvalue weighted by Crippen LogP contribution is -2.03. The Morgan fingerprint density at radius 2 is 1.95 bits per heavy atom. The van der Waals surface area contributed by atoms with Crippen LogP contribution >= 0.6 is 34.5 Å². The third-order valence-electron chi connectivity index (χ3n) is 2.73. The van der Waals surface area contributed by atoms with E-state index in [0.29, 0.717) is 28.9 Å². The maximum absolute atomic E-state index is 6.15. The topological polar surface area (TPSA) is 35.2 Å². The molecule has 0 amide bonds. The molecule has 0 atom stereocenters. The zero-order valence-electron chi connectivity index (χ0n) is 10.6. The molecular formula is C14H15Cl2NOS. The molecule has 2 N–H and O–H groups in total. The van der Waals surface area contributed by atoms with E-state index in [2.05, 4.69) is 19.1 Å². The van der Waals surface area contributed by atoms with E-state index < -0.39 is 0 Å². The summed E-state index contributed by atoms with van der Waals surface area (Å²) in [6, 6.07) is 7.66. The normalized spacial score (nSPS) is 10.7. The van der Waals surface area contributed by atoms with Crippen LogP contribution in [0.25, 0.3) is 0 Å². The van der Waals surface area contributed by atoms with Gasteiger partial charge in [0.15, 0.2) is 0 Å². The molecule has 1 heterocycles. The van der Waals surface area contributed by atoms with E-state index in [1.165, 1.54) is 9.75 Å². The van der Waals surface area contributed by atoms with E-state index in [1.807, 2.05) is 0 Å². The average Bonchev–Trinajstić information content (AvgIpc) is 2.84. The predicted octanol–water partition coefficient (Wildman–Crippen LogP) is 4.66. The third-order valence-corrected chi connectivity index (χ3v) is 4.43. The second kappa shape index (κ2) is 6.62. The Morgan fingerprint density at radius 1 is 1.21 bits per heavy atom. The fourth-order valence-electron chi connectivity index (χ4n) is 1.76. The second-order valence-corrected chi connectivity index (χ2v) is 6.19. The van der Waals surface area contributed by atoms with Gasteiger partial charge in [-0.05, 0) is 30.7 Å². The minimum atomic E-state index is 0.347. The molecule has 0 aliphatic heterocycles. The molecule has 2 nitrogen and oxygen atoms in total. The molecule has 5 heteroatoms. The Labute approximate surface area is 127 Å². The first-order valence-electron chi connectivity index (χ1n) is 6.02. The fraction of sp³-hybridized carbons (Fsp3) is 0.286. The van der Waals surface area contributed by atoms with Gasteiger partial charge < -0.3 is 10.5 Å². The molecular weight excluding hydrogens is 301 g/mol. The Balaban J connectivity index is 2.14. The average molecular weight is 316 g/mol. The molecule has 1 aromatic carbocycles. The fourth-order valence-corrected chi connectivity index (χ4v) is 3.22. The highest BCUT2D eigenvalue weighted by Crippen LogP contribution is 2.33. The molecule has 0 radical (unpaired) electrons. The SMILES string of the molecule is CCc1ccc(COc2c(Cl)cc(Cl)cc2CN)s1. The minimum Gasteiger partial charge on any atom is -0.486 e. The number of benzene rings is 1. The van der Waals surface area contributed by atoms with E-state index in [4.69, 9.17) is 33.7 Å². The number of nitrogens with two attached hydrogens (primary N) is 1. The lowest BCUT2D eigenvalue weighted by atomic mass is 10.2. The zero-order valence-corrected chi connectivity index (χ0v) is 12.9. The van der Waals surface area contributed by atoms with Crippen molar-refractivity contribution in [3.8, 4) is 5.75 Å². The summed E-state index contributed by atoms with van der Waals surface area (Å²) < 4.78 is 5.80. The Bertz CT molecular complexity index is 569. The summed E-state index contributed by atoms with van der Waals surface area (Å²) in [5.74, 6) is 0.625. The van der Waals surface area contributed by atoms with Gasteiger partial charge in [0.2, 0.25) is 0 Å². The predicted molar refractivity (Wildman–Crippen MR) is 82.4 cm³/mol. The van der Waals surface area contributed by atoms with Crippen LogP contribution in [0.4, 0.5) is 0 Å². The lowest BCUT2D eigenvalue weighted by molar-refractivity contribution is 0.307. The molecule has 0 aliphatic rings. The van der Waals surface area contributed by atoms with Gasteiger partial charge in [-0.25, -0.2) is 0 Å². The molecule has 2 rings (SSSR count). The summed E-state index contributed by atoms with van der Waals surface area (Å²) in [5.41, 5.74) is 6.51. The van der Waals surface area contributed by atoms with Gasteiger partial charge in [0.25, 0.3) is 0 Å². The van der Waals surface area contributed by atoms with Crippen molar-refractivity contribution in [1.29, 1.82) is 0 Å². The molecule has 2 aromatic rings. The number of hydrogen-bond donors (Lipinski definition) is 1. The van der Waals surface area contributed by atoms with E-state index in [9.17, 15) is 0 Å². The van der Waals surface area contributed by atoms with Crippen LogP contribution in [0.5, 0.6) is 5.75 Å². The summed E-state index contributed by atoms with van der Waals surface area (Å²) >= 11 is 13.8. The van der Waals surface area contributed by atoms with Crippen LogP contribution in [0.2, 0.25) is 10.0 Å². The summed E-state index contributed by atoms with van der Waals surface area (Å²) in [7, 11) is 0. The van der Waals surface area contributed by atoms with Crippen molar-refractivity contribution in [3.05, 3.63) is 49.6 Å². The summed E-state index contributed by atoms with van der Waals surface area (Å²) in [4.78, 5) is 2.52. The van der Waals surface area contributed by atoms with Gasteiger partial charge >= 0.3 is 0 Å². The number of aryl methyl sites for hydroxylation is 1. The lowest BCUT2D eigenvalue weighted by Gasteiger charge is -2.12. The maximum atomic E-state index is 6.15. The quantitative estimate of drug-likeness (QED) is 0.871. The van der Waals surface area contributed by atoms with Crippen LogP contribution in [-0.2, 0) is 19.6 Å². The zero-order chi connectivity index (χ0) is 13.8. The largest absolute Gasteiger partial charge is 0.486 e. The molecule has 1 aromatic heterocycles. The molecule has 0 saturated carbocycles. The number of ether oxygens (including phenoxy) is 1.